The van der Waals surface area contributed by atoms with Crippen molar-refractivity contribution in [1.82, 2.24) is 14.8 Å². The molecule has 39 heavy (non-hydrogen) atoms. The number of nitrogens with zero attached hydrogens (tertiary/aromatic N) is 4. The second kappa shape index (κ2) is 11.0. The molecular weight excluding hydrogens is 534 g/mol. The van der Waals surface area contributed by atoms with Gasteiger partial charge in [0.2, 0.25) is 18.3 Å². The highest BCUT2D eigenvalue weighted by atomic mass is 32.1. The summed E-state index contributed by atoms with van der Waals surface area (Å²) in [7, 11) is 2.93. The molecule has 1 aromatic carbocycles. The lowest BCUT2D eigenvalue weighted by Crippen LogP contribution is -2.23. The van der Waals surface area contributed by atoms with Crippen LogP contribution in [0.1, 0.15) is 35.0 Å². The first-order valence-corrected chi connectivity index (χ1v) is 12.6. The summed E-state index contributed by atoms with van der Waals surface area (Å²) in [6, 6.07) is 1.12. The van der Waals surface area contributed by atoms with Gasteiger partial charge in [0.25, 0.3) is 11.5 Å². The third kappa shape index (κ3) is 4.95. The summed E-state index contributed by atoms with van der Waals surface area (Å²) < 4.78 is 28.9. The van der Waals surface area contributed by atoms with Crippen LogP contribution in [-0.4, -0.2) is 66.9 Å². The number of carbonyl (C=O) groups excluding carboxylic acids is 2. The Balaban J connectivity index is 1.44. The molecule has 0 fully saturated rings. The third-order valence-electron chi connectivity index (χ3n) is 5.85. The summed E-state index contributed by atoms with van der Waals surface area (Å²) in [6.07, 6.45) is 2.83. The first-order valence-electron chi connectivity index (χ1n) is 11.7. The zero-order chi connectivity index (χ0) is 27.5. The van der Waals surface area contributed by atoms with Crippen molar-refractivity contribution in [2.75, 3.05) is 27.6 Å². The molecule has 0 bridgehead atoms. The van der Waals surface area contributed by atoms with Gasteiger partial charge < -0.3 is 28.5 Å². The number of rotatable bonds is 9. The molecule has 2 aliphatic rings. The summed E-state index contributed by atoms with van der Waals surface area (Å²) in [5.74, 6) is 0.0386. The van der Waals surface area contributed by atoms with Gasteiger partial charge in [0, 0.05) is 41.6 Å². The maximum absolute atomic E-state index is 12.7. The van der Waals surface area contributed by atoms with Gasteiger partial charge in [-0.25, -0.2) is 15.2 Å². The second-order valence-electron chi connectivity index (χ2n) is 8.15. The van der Waals surface area contributed by atoms with Gasteiger partial charge in [-0.15, -0.1) is 11.3 Å². The van der Waals surface area contributed by atoms with Gasteiger partial charge in [0.05, 0.1) is 27.0 Å². The van der Waals surface area contributed by atoms with Crippen molar-refractivity contribution in [2.24, 2.45) is 10.3 Å². The van der Waals surface area contributed by atoms with Crippen LogP contribution in [0.25, 0.3) is 4.96 Å². The molecule has 14 nitrogen and oxygen atoms in total. The fraction of sp³-hybridized carbons (Fsp3) is 0.333. The summed E-state index contributed by atoms with van der Waals surface area (Å²) >= 11 is 1.22. The highest BCUT2D eigenvalue weighted by Crippen LogP contribution is 2.52. The number of hydrogen-bond donors (Lipinski definition) is 1. The van der Waals surface area contributed by atoms with Gasteiger partial charge in [-0.1, -0.05) is 5.16 Å². The Labute approximate surface area is 224 Å². The zero-order valence-corrected chi connectivity index (χ0v) is 21.9. The molecule has 2 aliphatic heterocycles. The van der Waals surface area contributed by atoms with Crippen LogP contribution in [0.4, 0.5) is 0 Å². The number of hydrazone groups is 1. The van der Waals surface area contributed by atoms with E-state index in [2.05, 4.69) is 20.7 Å². The van der Waals surface area contributed by atoms with E-state index in [1.165, 1.54) is 36.2 Å². The average Bonchev–Trinajstić information content (AvgIpc) is 3.70. The highest BCUT2D eigenvalue weighted by molar-refractivity contribution is 7.15. The number of amides is 1. The standard InChI is InChI=1S/C24H23N5O9S/c1-4-35-23(32)16-8-12(38-28-16)7-13-14(19-21(37-11-36-19)20(34-3)18(13)33-2)10-25-27-22(31)15-9-17(30)29-5-6-39-24(29)26-15/h5-6,9-10,12H,4,7-8,11H2,1-3H3,(H,27,31)/b25-10-. The van der Waals surface area contributed by atoms with Crippen molar-refractivity contribution in [3.05, 3.63) is 44.8 Å². The van der Waals surface area contributed by atoms with Crippen LogP contribution in [0.15, 0.2) is 32.7 Å². The molecule has 15 heteroatoms. The maximum atomic E-state index is 12.7. The Hall–Kier alpha value is -4.66. The molecule has 1 N–H and O–H groups in total. The number of hydrogen-bond acceptors (Lipinski definition) is 13. The van der Waals surface area contributed by atoms with Crippen molar-refractivity contribution in [3.63, 3.8) is 0 Å². The minimum Gasteiger partial charge on any atom is -0.492 e. The average molecular weight is 558 g/mol. The number of aromatic nitrogens is 2. The molecule has 1 amide bonds. The Kier molecular flexibility index (Phi) is 7.31. The van der Waals surface area contributed by atoms with Gasteiger partial charge in [-0.3, -0.25) is 14.0 Å². The van der Waals surface area contributed by atoms with E-state index in [0.29, 0.717) is 39.1 Å². The van der Waals surface area contributed by atoms with Crippen molar-refractivity contribution in [2.45, 2.75) is 25.9 Å². The maximum Gasteiger partial charge on any atom is 0.356 e. The number of ether oxygens (including phenoxy) is 5. The fourth-order valence-corrected chi connectivity index (χ4v) is 4.88. The predicted octanol–water partition coefficient (Wildman–Crippen LogP) is 1.52. The number of methoxy groups -OCH3 is 2. The van der Waals surface area contributed by atoms with E-state index in [4.69, 9.17) is 28.5 Å². The molecular formula is C24H23N5O9S. The van der Waals surface area contributed by atoms with Crippen LogP contribution < -0.4 is 29.9 Å². The molecule has 0 radical (unpaired) electrons. The lowest BCUT2D eigenvalue weighted by Gasteiger charge is -2.19. The van der Waals surface area contributed by atoms with Crippen LogP contribution >= 0.6 is 11.3 Å². The monoisotopic (exact) mass is 557 g/mol. The van der Waals surface area contributed by atoms with Crippen LogP contribution in [0, 0.1) is 0 Å². The van der Waals surface area contributed by atoms with Gasteiger partial charge >= 0.3 is 5.97 Å². The molecule has 204 valence electrons. The SMILES string of the molecule is CCOC(=O)C1=NOC(Cc2c(/C=N\NC(=O)c3cc(=O)n4ccsc4n3)c3c(c(OC)c2OC)OCO3)C1. The minimum absolute atomic E-state index is 0.0732. The number of oxime groups is 1. The first kappa shape index (κ1) is 26.0. The number of fused-ring (bicyclic) bond motifs is 2. The number of esters is 1. The summed E-state index contributed by atoms with van der Waals surface area (Å²) in [4.78, 5) is 47.1. The van der Waals surface area contributed by atoms with Crippen molar-refractivity contribution >= 4 is 40.1 Å². The molecule has 0 spiro atoms. The van der Waals surface area contributed by atoms with E-state index in [-0.39, 0.29) is 43.2 Å². The molecule has 0 saturated heterocycles. The molecule has 0 saturated carbocycles. The van der Waals surface area contributed by atoms with Gasteiger partial charge in [0.15, 0.2) is 22.2 Å². The van der Waals surface area contributed by atoms with Crippen LogP contribution in [0.3, 0.4) is 0 Å². The molecule has 0 aliphatic carbocycles. The molecule has 3 aromatic rings. The molecule has 1 unspecified atom stereocenters. The smallest absolute Gasteiger partial charge is 0.356 e. The van der Waals surface area contributed by atoms with E-state index in [1.807, 2.05) is 0 Å². The van der Waals surface area contributed by atoms with Crippen molar-refractivity contribution < 1.29 is 38.1 Å². The fourth-order valence-electron chi connectivity index (χ4n) is 4.16. The largest absolute Gasteiger partial charge is 0.492 e. The van der Waals surface area contributed by atoms with E-state index in [9.17, 15) is 14.4 Å². The van der Waals surface area contributed by atoms with Gasteiger partial charge in [-0.2, -0.15) is 5.10 Å². The van der Waals surface area contributed by atoms with Crippen molar-refractivity contribution in [1.29, 1.82) is 0 Å². The van der Waals surface area contributed by atoms with E-state index < -0.39 is 18.0 Å². The van der Waals surface area contributed by atoms with E-state index in [0.717, 1.165) is 6.07 Å². The Morgan fingerprint density at radius 1 is 1.26 bits per heavy atom. The summed E-state index contributed by atoms with van der Waals surface area (Å²) in [5.41, 5.74) is 3.07. The Bertz CT molecular complexity index is 1560. The van der Waals surface area contributed by atoms with E-state index >= 15 is 0 Å². The van der Waals surface area contributed by atoms with Crippen LogP contribution in [0.2, 0.25) is 0 Å². The van der Waals surface area contributed by atoms with Gasteiger partial charge in [-0.05, 0) is 6.92 Å². The number of nitrogens with one attached hydrogen (secondary N) is 1. The topological polar surface area (TPSA) is 161 Å². The third-order valence-corrected chi connectivity index (χ3v) is 6.61. The normalized spacial score (nSPS) is 15.8. The highest BCUT2D eigenvalue weighted by Gasteiger charge is 2.34. The Morgan fingerprint density at radius 3 is 2.82 bits per heavy atom. The second-order valence-corrected chi connectivity index (χ2v) is 9.02. The minimum atomic E-state index is -0.679. The molecule has 5 rings (SSSR count). The predicted molar refractivity (Wildman–Crippen MR) is 137 cm³/mol. The van der Waals surface area contributed by atoms with Crippen LogP contribution in [-0.2, 0) is 20.8 Å². The van der Waals surface area contributed by atoms with Crippen LogP contribution in [0.5, 0.6) is 23.0 Å². The molecule has 1 atom stereocenters. The zero-order valence-electron chi connectivity index (χ0n) is 21.1. The number of carbonyl (C=O) groups is 2. The lowest BCUT2D eigenvalue weighted by molar-refractivity contribution is -0.135. The quantitative estimate of drug-likeness (QED) is 0.232. The summed E-state index contributed by atoms with van der Waals surface area (Å²) in [6.45, 7) is 1.85. The first-order chi connectivity index (χ1) is 18.9. The van der Waals surface area contributed by atoms with Gasteiger partial charge in [0.1, 0.15) is 11.8 Å². The summed E-state index contributed by atoms with van der Waals surface area (Å²) in [5, 5.41) is 9.64. The lowest BCUT2D eigenvalue weighted by atomic mass is 9.96. The number of thiazole rings is 1. The number of benzene rings is 1. The van der Waals surface area contributed by atoms with Crippen molar-refractivity contribution in [3.8, 4) is 23.0 Å². The Morgan fingerprint density at radius 2 is 2.05 bits per heavy atom. The van der Waals surface area contributed by atoms with E-state index in [1.54, 1.807) is 18.5 Å². The molecule has 4 heterocycles. The molecule has 2 aromatic heterocycles.